The summed E-state index contributed by atoms with van der Waals surface area (Å²) in [5.41, 5.74) is 11.3. The van der Waals surface area contributed by atoms with Gasteiger partial charge in [-0.2, -0.15) is 0 Å². The van der Waals surface area contributed by atoms with Crippen LogP contribution in [0.25, 0.3) is 60.6 Å². The molecule has 3 aromatic heterocycles. The van der Waals surface area contributed by atoms with Gasteiger partial charge in [0.25, 0.3) is 0 Å². The van der Waals surface area contributed by atoms with Gasteiger partial charge in [0.2, 0.25) is 0 Å². The third kappa shape index (κ3) is 7.12. The Kier molecular flexibility index (Phi) is 10.2. The Labute approximate surface area is 309 Å². The van der Waals surface area contributed by atoms with E-state index in [9.17, 15) is 0 Å². The van der Waals surface area contributed by atoms with E-state index in [1.54, 1.807) is 17.5 Å². The molecule has 6 aromatic carbocycles. The van der Waals surface area contributed by atoms with Crippen molar-refractivity contribution in [2.45, 2.75) is 6.42 Å². The molecule has 50 heavy (non-hydrogen) atoms. The molecule has 3 nitrogen and oxygen atoms in total. The molecule has 1 radical (unpaired) electrons. The van der Waals surface area contributed by atoms with Crippen LogP contribution in [-0.4, -0.2) is 14.5 Å². The topological polar surface area (TPSA) is 30.7 Å². The molecule has 0 spiro atoms. The Bertz CT molecular complexity index is 2400. The van der Waals surface area contributed by atoms with E-state index in [0.29, 0.717) is 0 Å². The molecule has 0 aliphatic carbocycles. The standard InChI is InChI=1S/C34H23N2S.C11H8N.Ir/c1-3-9-24(10-4-1)21-25-15-20-33-29(22-25)30(23-37-33)34-35-31-13-7-8-14-32(31)36(34)28-18-16-27(17-19-28)26-11-5-2-6-12-26;1-2-6-10(7-3-1)11-8-4-5-9-12-11;/h1-20,22H,21H2;1-6,8-9H;/q2*-1;. The normalized spacial score (nSPS) is 10.7. The number of hydrogen-bond acceptors (Lipinski definition) is 3. The zero-order valence-corrected chi connectivity index (χ0v) is 30.2. The molecule has 243 valence electrons. The third-order valence-electron chi connectivity index (χ3n) is 8.49. The summed E-state index contributed by atoms with van der Waals surface area (Å²) in [6, 6.07) is 61.8. The number of rotatable bonds is 6. The van der Waals surface area contributed by atoms with Gasteiger partial charge < -0.3 is 9.55 Å². The van der Waals surface area contributed by atoms with Gasteiger partial charge in [-0.15, -0.1) is 47.3 Å². The molecule has 0 aliphatic rings. The van der Waals surface area contributed by atoms with Gasteiger partial charge in [0.1, 0.15) is 0 Å². The van der Waals surface area contributed by atoms with Crippen LogP contribution in [0.3, 0.4) is 0 Å². The molecule has 9 aromatic rings. The largest absolute Gasteiger partial charge is 0.333 e. The smallest absolute Gasteiger partial charge is 0.0774 e. The van der Waals surface area contributed by atoms with Crippen LogP contribution in [0.15, 0.2) is 176 Å². The number of benzene rings is 6. The maximum atomic E-state index is 5.11. The second-order valence-electron chi connectivity index (χ2n) is 11.7. The first-order valence-electron chi connectivity index (χ1n) is 16.3. The van der Waals surface area contributed by atoms with Gasteiger partial charge in [-0.25, -0.2) is 0 Å². The first-order valence-corrected chi connectivity index (χ1v) is 17.1. The van der Waals surface area contributed by atoms with E-state index < -0.39 is 0 Å². The number of imidazole rings is 1. The van der Waals surface area contributed by atoms with Gasteiger partial charge in [0.05, 0.1) is 16.9 Å². The summed E-state index contributed by atoms with van der Waals surface area (Å²) < 4.78 is 3.50. The maximum Gasteiger partial charge on any atom is 0.0774 e. The van der Waals surface area contributed by atoms with Crippen LogP contribution in [0.5, 0.6) is 0 Å². The van der Waals surface area contributed by atoms with Gasteiger partial charge in [-0.3, -0.25) is 16.3 Å². The predicted molar refractivity (Wildman–Crippen MR) is 204 cm³/mol. The Morgan fingerprint density at radius 1 is 0.620 bits per heavy atom. The maximum absolute atomic E-state index is 5.11. The number of pyridine rings is 1. The van der Waals surface area contributed by atoms with Gasteiger partial charge in [-0.1, -0.05) is 130 Å². The van der Waals surface area contributed by atoms with Crippen molar-refractivity contribution in [1.29, 1.82) is 0 Å². The van der Waals surface area contributed by atoms with E-state index in [1.165, 1.54) is 32.3 Å². The van der Waals surface area contributed by atoms with Crippen LogP contribution < -0.4 is 0 Å². The van der Waals surface area contributed by atoms with Crippen LogP contribution in [0.2, 0.25) is 0 Å². The molecular formula is C45H31IrN3S-2. The fourth-order valence-electron chi connectivity index (χ4n) is 6.09. The van der Waals surface area contributed by atoms with Crippen molar-refractivity contribution in [3.63, 3.8) is 0 Å². The van der Waals surface area contributed by atoms with Crippen LogP contribution in [0.4, 0.5) is 0 Å². The van der Waals surface area contributed by atoms with Crippen molar-refractivity contribution in [1.82, 2.24) is 14.5 Å². The first-order chi connectivity index (χ1) is 24.3. The Balaban J connectivity index is 0.000000255. The van der Waals surface area contributed by atoms with Crippen LogP contribution in [0, 0.1) is 11.4 Å². The predicted octanol–water partition coefficient (Wildman–Crippen LogP) is 11.5. The molecule has 5 heteroatoms. The first kappa shape index (κ1) is 33.1. The SMILES string of the molecule is [Ir].[c-]1ccccc1-c1ccccn1.[c-]1sc2ccc(Cc3ccccc3)cc2c1-c1nc2ccccc2n1-c1ccc(-c2ccccc2)cc1. The summed E-state index contributed by atoms with van der Waals surface area (Å²) in [7, 11) is 0. The fraction of sp³-hybridized carbons (Fsp3) is 0.0222. The fourth-order valence-corrected chi connectivity index (χ4v) is 6.91. The minimum absolute atomic E-state index is 0. The monoisotopic (exact) mass is 838 g/mol. The van der Waals surface area contributed by atoms with Crippen LogP contribution in [0.1, 0.15) is 11.1 Å². The second-order valence-corrected chi connectivity index (χ2v) is 12.6. The molecule has 3 heterocycles. The summed E-state index contributed by atoms with van der Waals surface area (Å²) in [4.78, 5) is 9.33. The van der Waals surface area contributed by atoms with Crippen molar-refractivity contribution < 1.29 is 20.1 Å². The van der Waals surface area contributed by atoms with E-state index in [4.69, 9.17) is 4.98 Å². The Hall–Kier alpha value is -5.45. The summed E-state index contributed by atoms with van der Waals surface area (Å²) in [5, 5.41) is 4.79. The van der Waals surface area contributed by atoms with Gasteiger partial charge >= 0.3 is 0 Å². The summed E-state index contributed by atoms with van der Waals surface area (Å²) >= 11 is 1.66. The molecule has 0 fully saturated rings. The molecule has 0 amide bonds. The summed E-state index contributed by atoms with van der Waals surface area (Å²) in [5.74, 6) is 0.928. The van der Waals surface area contributed by atoms with E-state index in [1.807, 2.05) is 42.5 Å². The van der Waals surface area contributed by atoms with Gasteiger partial charge in [-0.05, 0) is 59.1 Å². The molecule has 0 atom stereocenters. The molecule has 0 saturated carbocycles. The summed E-state index contributed by atoms with van der Waals surface area (Å²) in [6.45, 7) is 0. The molecule has 0 N–H and O–H groups in total. The van der Waals surface area contributed by atoms with E-state index in [2.05, 4.69) is 148 Å². The molecule has 9 rings (SSSR count). The number of thiophene rings is 1. The van der Waals surface area contributed by atoms with E-state index >= 15 is 0 Å². The molecule has 0 saturated heterocycles. The molecule has 0 bridgehead atoms. The Morgan fingerprint density at radius 3 is 2.10 bits per heavy atom. The summed E-state index contributed by atoms with van der Waals surface area (Å²) in [6.07, 6.45) is 2.69. The number of aromatic nitrogens is 3. The van der Waals surface area contributed by atoms with Crippen molar-refractivity contribution in [2.75, 3.05) is 0 Å². The quantitative estimate of drug-likeness (QED) is 0.156. The van der Waals surface area contributed by atoms with Crippen molar-refractivity contribution in [3.8, 4) is 39.5 Å². The van der Waals surface area contributed by atoms with Crippen molar-refractivity contribution >= 4 is 32.5 Å². The third-order valence-corrected chi connectivity index (χ3v) is 9.38. The minimum Gasteiger partial charge on any atom is -0.333 e. The van der Waals surface area contributed by atoms with Crippen molar-refractivity contribution in [2.24, 2.45) is 0 Å². The number of nitrogens with zero attached hydrogens (tertiary/aromatic N) is 3. The van der Waals surface area contributed by atoms with E-state index in [0.717, 1.165) is 45.8 Å². The number of hydrogen-bond donors (Lipinski definition) is 0. The zero-order chi connectivity index (χ0) is 32.8. The number of fused-ring (bicyclic) bond motifs is 2. The molecular weight excluding hydrogens is 807 g/mol. The average Bonchev–Trinajstić information content (AvgIpc) is 3.78. The second kappa shape index (κ2) is 15.4. The Morgan fingerprint density at radius 2 is 1.34 bits per heavy atom. The molecule has 0 aliphatic heterocycles. The molecule has 0 unspecified atom stereocenters. The van der Waals surface area contributed by atoms with Gasteiger partial charge in [0.15, 0.2) is 0 Å². The van der Waals surface area contributed by atoms with Gasteiger partial charge in [0, 0.05) is 32.0 Å². The van der Waals surface area contributed by atoms with Crippen LogP contribution >= 0.6 is 11.3 Å². The van der Waals surface area contributed by atoms with E-state index in [-0.39, 0.29) is 20.1 Å². The minimum atomic E-state index is 0. The van der Waals surface area contributed by atoms with Crippen LogP contribution in [-0.2, 0) is 26.5 Å². The number of para-hydroxylation sites is 2. The average molecular weight is 838 g/mol. The van der Waals surface area contributed by atoms with Crippen molar-refractivity contribution in [3.05, 3.63) is 199 Å². The zero-order valence-electron chi connectivity index (χ0n) is 27.0.